The van der Waals surface area contributed by atoms with E-state index in [1.807, 2.05) is 45.0 Å². The largest absolute Gasteiger partial charge is 0.352 e. The highest BCUT2D eigenvalue weighted by molar-refractivity contribution is 7.17. The van der Waals surface area contributed by atoms with Crippen molar-refractivity contribution in [2.24, 2.45) is 0 Å². The van der Waals surface area contributed by atoms with Gasteiger partial charge in [0, 0.05) is 32.6 Å². The van der Waals surface area contributed by atoms with Crippen molar-refractivity contribution in [1.29, 1.82) is 0 Å². The molecule has 0 spiro atoms. The molecule has 0 aliphatic rings. The number of benzene rings is 1. The summed E-state index contributed by atoms with van der Waals surface area (Å²) in [6.07, 6.45) is 2.21. The molecule has 0 aliphatic heterocycles. The van der Waals surface area contributed by atoms with Crippen molar-refractivity contribution in [1.82, 2.24) is 19.4 Å². The maximum absolute atomic E-state index is 13.2. The summed E-state index contributed by atoms with van der Waals surface area (Å²) in [4.78, 5) is 53.2. The highest BCUT2D eigenvalue weighted by atomic mass is 32.1. The molecule has 35 heavy (non-hydrogen) atoms. The smallest absolute Gasteiger partial charge is 0.332 e. The number of nitrogens with zero attached hydrogens (tertiary/aromatic N) is 3. The van der Waals surface area contributed by atoms with E-state index in [-0.39, 0.29) is 36.9 Å². The number of carbonyl (C=O) groups is 2. The molecule has 3 rings (SSSR count). The van der Waals surface area contributed by atoms with E-state index in [9.17, 15) is 19.2 Å². The molecule has 0 atom stereocenters. The molecule has 0 saturated carbocycles. The third-order valence-corrected chi connectivity index (χ3v) is 6.76. The first kappa shape index (κ1) is 26.4. The van der Waals surface area contributed by atoms with Crippen LogP contribution in [0, 0.1) is 6.92 Å². The van der Waals surface area contributed by atoms with Crippen LogP contribution in [-0.4, -0.2) is 38.9 Å². The minimum atomic E-state index is -0.512. The molecule has 9 heteroatoms. The summed E-state index contributed by atoms with van der Waals surface area (Å²) in [5, 5.41) is 4.63. The zero-order chi connectivity index (χ0) is 25.4. The molecule has 0 radical (unpaired) electrons. The van der Waals surface area contributed by atoms with Crippen molar-refractivity contribution in [2.75, 3.05) is 13.1 Å². The van der Waals surface area contributed by atoms with Crippen LogP contribution in [0.4, 0.5) is 0 Å². The summed E-state index contributed by atoms with van der Waals surface area (Å²) in [5.74, 6) is -0.273. The fraction of sp³-hybridized carbons (Fsp3) is 0.462. The molecule has 2 heterocycles. The first-order valence-corrected chi connectivity index (χ1v) is 13.0. The van der Waals surface area contributed by atoms with Crippen LogP contribution >= 0.6 is 11.3 Å². The van der Waals surface area contributed by atoms with Crippen LogP contribution in [0.15, 0.2) is 45.3 Å². The molecule has 3 aromatic rings. The third-order valence-electron chi connectivity index (χ3n) is 5.87. The van der Waals surface area contributed by atoms with Gasteiger partial charge in [0.05, 0.1) is 5.52 Å². The zero-order valence-corrected chi connectivity index (χ0v) is 21.5. The Morgan fingerprint density at radius 1 is 1.00 bits per heavy atom. The number of amides is 2. The van der Waals surface area contributed by atoms with Gasteiger partial charge in [-0.2, -0.15) is 0 Å². The molecule has 8 nitrogen and oxygen atoms in total. The Kier molecular flexibility index (Phi) is 9.42. The zero-order valence-electron chi connectivity index (χ0n) is 20.7. The van der Waals surface area contributed by atoms with Crippen molar-refractivity contribution in [3.8, 4) is 0 Å². The topological polar surface area (TPSA) is 93.4 Å². The van der Waals surface area contributed by atoms with Crippen LogP contribution in [-0.2, 0) is 29.2 Å². The molecule has 0 fully saturated rings. The Bertz CT molecular complexity index is 1270. The lowest BCUT2D eigenvalue weighted by molar-refractivity contribution is -0.132. The summed E-state index contributed by atoms with van der Waals surface area (Å²) in [5.41, 5.74) is 1.77. The molecule has 0 aliphatic carbocycles. The van der Waals surface area contributed by atoms with E-state index in [0.717, 1.165) is 28.5 Å². The second-order valence-corrected chi connectivity index (χ2v) is 9.62. The van der Waals surface area contributed by atoms with E-state index in [1.54, 1.807) is 16.3 Å². The lowest BCUT2D eigenvalue weighted by Crippen LogP contribution is -2.43. The summed E-state index contributed by atoms with van der Waals surface area (Å²) >= 11 is 1.26. The van der Waals surface area contributed by atoms with Crippen LogP contribution in [0.1, 0.15) is 50.7 Å². The third kappa shape index (κ3) is 6.69. The van der Waals surface area contributed by atoms with Crippen LogP contribution < -0.4 is 16.6 Å². The molecule has 1 aromatic carbocycles. The molecule has 1 N–H and O–H groups in total. The Morgan fingerprint density at radius 3 is 2.34 bits per heavy atom. The van der Waals surface area contributed by atoms with E-state index in [4.69, 9.17) is 0 Å². The van der Waals surface area contributed by atoms with Crippen molar-refractivity contribution in [3.05, 3.63) is 67.7 Å². The molecule has 0 saturated heterocycles. The molecule has 0 unspecified atom stereocenters. The minimum Gasteiger partial charge on any atom is -0.352 e. The second-order valence-electron chi connectivity index (χ2n) is 8.71. The first-order chi connectivity index (χ1) is 16.8. The van der Waals surface area contributed by atoms with Gasteiger partial charge in [-0.3, -0.25) is 23.5 Å². The number of rotatable bonds is 12. The van der Waals surface area contributed by atoms with Crippen LogP contribution in [0.25, 0.3) is 10.2 Å². The Hall–Kier alpha value is -3.20. The lowest BCUT2D eigenvalue weighted by atomic mass is 10.1. The lowest BCUT2D eigenvalue weighted by Gasteiger charge is -2.22. The van der Waals surface area contributed by atoms with Gasteiger partial charge in [0.2, 0.25) is 11.8 Å². The Morgan fingerprint density at radius 2 is 1.69 bits per heavy atom. The van der Waals surface area contributed by atoms with E-state index in [0.29, 0.717) is 36.3 Å². The second kappa shape index (κ2) is 12.5. The van der Waals surface area contributed by atoms with Crippen LogP contribution in [0.2, 0.25) is 0 Å². The summed E-state index contributed by atoms with van der Waals surface area (Å²) in [6.45, 7) is 7.73. The Balaban J connectivity index is 1.71. The number of fused-ring (bicyclic) bond motifs is 1. The monoisotopic (exact) mass is 498 g/mol. The number of aromatic nitrogens is 2. The maximum Gasteiger partial charge on any atom is 0.332 e. The maximum atomic E-state index is 13.2. The van der Waals surface area contributed by atoms with Crippen molar-refractivity contribution in [3.63, 3.8) is 0 Å². The van der Waals surface area contributed by atoms with Crippen LogP contribution in [0.5, 0.6) is 0 Å². The van der Waals surface area contributed by atoms with E-state index < -0.39 is 5.69 Å². The first-order valence-electron chi connectivity index (χ1n) is 12.2. The van der Waals surface area contributed by atoms with Gasteiger partial charge >= 0.3 is 5.69 Å². The van der Waals surface area contributed by atoms with E-state index in [2.05, 4.69) is 5.32 Å². The highest BCUT2D eigenvalue weighted by Crippen LogP contribution is 2.16. The fourth-order valence-corrected chi connectivity index (χ4v) is 4.86. The normalized spacial score (nSPS) is 11.1. The van der Waals surface area contributed by atoms with Gasteiger partial charge < -0.3 is 10.2 Å². The van der Waals surface area contributed by atoms with Gasteiger partial charge in [0.15, 0.2) is 0 Å². The van der Waals surface area contributed by atoms with Gasteiger partial charge in [-0.05, 0) is 43.2 Å². The quantitative estimate of drug-likeness (QED) is 0.415. The minimum absolute atomic E-state index is 0.108. The summed E-state index contributed by atoms with van der Waals surface area (Å²) in [7, 11) is 0. The van der Waals surface area contributed by atoms with Gasteiger partial charge in [0.1, 0.15) is 11.2 Å². The van der Waals surface area contributed by atoms with Crippen LogP contribution in [0.3, 0.4) is 0 Å². The average molecular weight is 499 g/mol. The number of carbonyl (C=O) groups excluding carboxylic acids is 2. The molecular weight excluding hydrogens is 464 g/mol. The number of hydrogen-bond acceptors (Lipinski definition) is 5. The predicted octanol–water partition coefficient (Wildman–Crippen LogP) is 3.28. The van der Waals surface area contributed by atoms with Crippen molar-refractivity contribution in [2.45, 2.75) is 66.1 Å². The summed E-state index contributed by atoms with van der Waals surface area (Å²) < 4.78 is 2.99. The van der Waals surface area contributed by atoms with Gasteiger partial charge in [-0.1, -0.05) is 43.7 Å². The van der Waals surface area contributed by atoms with Gasteiger partial charge in [-0.25, -0.2) is 4.79 Å². The summed E-state index contributed by atoms with van der Waals surface area (Å²) in [6, 6.07) is 9.64. The van der Waals surface area contributed by atoms with Crippen molar-refractivity contribution < 1.29 is 9.59 Å². The van der Waals surface area contributed by atoms with Gasteiger partial charge in [-0.15, -0.1) is 11.3 Å². The predicted molar refractivity (Wildman–Crippen MR) is 140 cm³/mol. The SMILES string of the molecule is CCCN(CCC)C(=O)Cn1c(=O)n(CCCC(=O)NCc2ccc(C)cc2)c(=O)c2sccc21. The molecule has 2 amide bonds. The molecule has 188 valence electrons. The molecular formula is C26H34N4O4S. The number of aryl methyl sites for hydroxylation is 1. The number of hydrogen-bond donors (Lipinski definition) is 1. The highest BCUT2D eigenvalue weighted by Gasteiger charge is 2.19. The van der Waals surface area contributed by atoms with E-state index in [1.165, 1.54) is 15.9 Å². The van der Waals surface area contributed by atoms with E-state index >= 15 is 0 Å². The standard InChI is InChI=1S/C26H34N4O4S/c1-4-13-28(14-5-2)23(32)18-30-21-12-16-35-24(21)25(33)29(26(30)34)15-6-7-22(31)27-17-20-10-8-19(3)9-11-20/h8-12,16H,4-7,13-15,17-18H2,1-3H3,(H,27,31). The number of thiophene rings is 1. The molecule has 0 bridgehead atoms. The average Bonchev–Trinajstić information content (AvgIpc) is 3.33. The van der Waals surface area contributed by atoms with Gasteiger partial charge in [0.25, 0.3) is 5.56 Å². The fourth-order valence-electron chi connectivity index (χ4n) is 4.01. The molecule has 2 aromatic heterocycles. The number of nitrogens with one attached hydrogen (secondary N) is 1. The Labute approximate surface area is 209 Å². The van der Waals surface area contributed by atoms with Crippen molar-refractivity contribution >= 4 is 33.4 Å².